The zero-order valence-electron chi connectivity index (χ0n) is 20.0. The molecule has 0 unspecified atom stereocenters. The molecule has 2 aliphatic heterocycles. The van der Waals surface area contributed by atoms with Crippen LogP contribution < -0.4 is 15.4 Å². The molecule has 0 aliphatic carbocycles. The minimum atomic E-state index is -3.59. The molecule has 190 valence electrons. The van der Waals surface area contributed by atoms with Gasteiger partial charge in [-0.2, -0.15) is 5.10 Å². The standard InChI is InChI=1S/C23H27ClN8O3S/c1-14-13-32-20(27-21(14)31-10-8-26-23(31)25)12-18(28-32)19-5-3-4-9-30(19)22(33)16-11-15(24)6-7-17(16)29-36(2,34)35/h6-7,11-13,19,29H,3-5,8-10H2,1-2H3,(H2,25,26)/t19-/m0/s1. The maximum absolute atomic E-state index is 13.7. The number of guanidine groups is 1. The number of hydrogen-bond acceptors (Lipinski definition) is 8. The van der Waals surface area contributed by atoms with E-state index in [0.29, 0.717) is 36.3 Å². The third-order valence-corrected chi connectivity index (χ3v) is 7.19. The number of likely N-dealkylation sites (tertiary alicyclic amines) is 1. The second kappa shape index (κ2) is 9.25. The third-order valence-electron chi connectivity index (χ3n) is 6.37. The first kappa shape index (κ1) is 24.3. The monoisotopic (exact) mass is 530 g/mol. The summed E-state index contributed by atoms with van der Waals surface area (Å²) in [5.74, 6) is 0.870. The number of amides is 1. The van der Waals surface area contributed by atoms with Gasteiger partial charge in [0.1, 0.15) is 5.82 Å². The van der Waals surface area contributed by atoms with E-state index in [1.807, 2.05) is 24.1 Å². The minimum Gasteiger partial charge on any atom is -0.369 e. The Morgan fingerprint density at radius 1 is 1.22 bits per heavy atom. The highest BCUT2D eigenvalue weighted by Crippen LogP contribution is 2.34. The van der Waals surface area contributed by atoms with Gasteiger partial charge in [-0.25, -0.2) is 17.9 Å². The molecule has 3 aromatic rings. The molecule has 1 fully saturated rings. The van der Waals surface area contributed by atoms with Crippen LogP contribution in [0.25, 0.3) is 5.65 Å². The van der Waals surface area contributed by atoms with Crippen LogP contribution in [-0.2, 0) is 10.0 Å². The maximum Gasteiger partial charge on any atom is 0.256 e. The lowest BCUT2D eigenvalue weighted by atomic mass is 9.98. The zero-order valence-corrected chi connectivity index (χ0v) is 21.6. The summed E-state index contributed by atoms with van der Waals surface area (Å²) in [5.41, 5.74) is 8.69. The van der Waals surface area contributed by atoms with E-state index in [0.717, 1.165) is 42.6 Å². The number of sulfonamides is 1. The van der Waals surface area contributed by atoms with E-state index in [2.05, 4.69) is 9.71 Å². The van der Waals surface area contributed by atoms with Crippen molar-refractivity contribution in [2.45, 2.75) is 32.2 Å². The largest absolute Gasteiger partial charge is 0.369 e. The summed E-state index contributed by atoms with van der Waals surface area (Å²) in [6.07, 6.45) is 5.43. The van der Waals surface area contributed by atoms with Crippen LogP contribution in [-0.4, -0.2) is 65.7 Å². The Morgan fingerprint density at radius 2 is 2.03 bits per heavy atom. The third kappa shape index (κ3) is 4.70. The zero-order chi connectivity index (χ0) is 25.6. The van der Waals surface area contributed by atoms with Gasteiger partial charge in [-0.1, -0.05) is 11.6 Å². The molecular weight excluding hydrogens is 504 g/mol. The quantitative estimate of drug-likeness (QED) is 0.517. The maximum atomic E-state index is 13.7. The van der Waals surface area contributed by atoms with Crippen LogP contribution in [0.15, 0.2) is 35.5 Å². The number of benzene rings is 1. The fraction of sp³-hybridized carbons (Fsp3) is 0.391. The predicted molar refractivity (Wildman–Crippen MR) is 139 cm³/mol. The number of carbonyl (C=O) groups excluding carboxylic acids is 1. The van der Waals surface area contributed by atoms with Crippen LogP contribution in [0.1, 0.15) is 46.9 Å². The number of anilines is 2. The van der Waals surface area contributed by atoms with E-state index in [-0.39, 0.29) is 23.2 Å². The molecule has 2 aliphatic rings. The Kier molecular flexibility index (Phi) is 6.25. The number of halogens is 1. The molecule has 11 nitrogen and oxygen atoms in total. The number of aryl methyl sites for hydroxylation is 1. The van der Waals surface area contributed by atoms with Crippen molar-refractivity contribution < 1.29 is 13.2 Å². The topological polar surface area (TPSA) is 138 Å². The summed E-state index contributed by atoms with van der Waals surface area (Å²) < 4.78 is 27.9. The highest BCUT2D eigenvalue weighted by atomic mass is 35.5. The second-order valence-electron chi connectivity index (χ2n) is 9.09. The number of hydrogen-bond donors (Lipinski definition) is 2. The lowest BCUT2D eigenvalue weighted by Crippen LogP contribution is -2.39. The molecule has 0 radical (unpaired) electrons. The molecule has 36 heavy (non-hydrogen) atoms. The molecule has 4 heterocycles. The summed E-state index contributed by atoms with van der Waals surface area (Å²) in [4.78, 5) is 26.4. The molecule has 0 saturated carbocycles. The number of nitrogens with one attached hydrogen (secondary N) is 1. The number of rotatable bonds is 5. The molecular formula is C23H27ClN8O3S. The Morgan fingerprint density at radius 3 is 2.75 bits per heavy atom. The van der Waals surface area contributed by atoms with Crippen LogP contribution in [0.5, 0.6) is 0 Å². The normalized spacial score (nSPS) is 18.5. The predicted octanol–water partition coefficient (Wildman–Crippen LogP) is 2.56. The second-order valence-corrected chi connectivity index (χ2v) is 11.3. The van der Waals surface area contributed by atoms with Gasteiger partial charge in [-0.05, 0) is 44.4 Å². The van der Waals surface area contributed by atoms with Crippen molar-refractivity contribution in [3.8, 4) is 0 Å². The number of nitrogens with zero attached hydrogens (tertiary/aromatic N) is 6. The number of aromatic nitrogens is 3. The number of nitrogens with two attached hydrogens (primary N) is 1. The van der Waals surface area contributed by atoms with Crippen LogP contribution >= 0.6 is 11.6 Å². The van der Waals surface area contributed by atoms with Gasteiger partial charge < -0.3 is 10.6 Å². The van der Waals surface area contributed by atoms with Gasteiger partial charge in [0.25, 0.3) is 5.91 Å². The molecule has 1 atom stereocenters. The molecule has 0 bridgehead atoms. The van der Waals surface area contributed by atoms with E-state index in [4.69, 9.17) is 27.4 Å². The van der Waals surface area contributed by atoms with E-state index in [1.165, 1.54) is 12.1 Å². The van der Waals surface area contributed by atoms with Crippen LogP contribution in [0.2, 0.25) is 5.02 Å². The summed E-state index contributed by atoms with van der Waals surface area (Å²) >= 11 is 6.18. The van der Waals surface area contributed by atoms with Crippen molar-refractivity contribution in [2.24, 2.45) is 10.7 Å². The van der Waals surface area contributed by atoms with Gasteiger partial charge in [0.05, 0.1) is 35.8 Å². The smallest absolute Gasteiger partial charge is 0.256 e. The highest BCUT2D eigenvalue weighted by Gasteiger charge is 2.32. The van der Waals surface area contributed by atoms with Crippen molar-refractivity contribution in [1.82, 2.24) is 19.5 Å². The SMILES string of the molecule is Cc1cn2nc([C@@H]3CCCCN3C(=O)c3cc(Cl)ccc3NS(C)(=O)=O)cc2nc1N1CCN=C1N. The molecule has 3 N–H and O–H groups in total. The van der Waals surface area contributed by atoms with Gasteiger partial charge >= 0.3 is 0 Å². The molecule has 1 saturated heterocycles. The number of piperidine rings is 1. The van der Waals surface area contributed by atoms with Crippen LogP contribution in [0, 0.1) is 6.92 Å². The van der Waals surface area contributed by atoms with Gasteiger partial charge in [0, 0.05) is 35.9 Å². The fourth-order valence-corrected chi connectivity index (χ4v) is 5.50. The van der Waals surface area contributed by atoms with E-state index >= 15 is 0 Å². The van der Waals surface area contributed by atoms with E-state index in [1.54, 1.807) is 15.5 Å². The first-order valence-electron chi connectivity index (χ1n) is 11.6. The van der Waals surface area contributed by atoms with E-state index < -0.39 is 10.0 Å². The number of aliphatic imine (C=N–C) groups is 1. The summed E-state index contributed by atoms with van der Waals surface area (Å²) in [6.45, 7) is 3.76. The molecule has 13 heteroatoms. The molecule has 5 rings (SSSR count). The Labute approximate surface area is 214 Å². The molecule has 0 spiro atoms. The molecule has 2 aromatic heterocycles. The Hall–Kier alpha value is -3.38. The van der Waals surface area contributed by atoms with Gasteiger partial charge in [-0.3, -0.25) is 19.4 Å². The van der Waals surface area contributed by atoms with Gasteiger partial charge in [0.2, 0.25) is 10.0 Å². The summed E-state index contributed by atoms with van der Waals surface area (Å²) in [5, 5.41) is 5.10. The Balaban J connectivity index is 1.50. The first-order valence-corrected chi connectivity index (χ1v) is 13.9. The minimum absolute atomic E-state index is 0.193. The number of fused-ring (bicyclic) bond motifs is 1. The number of carbonyl (C=O) groups is 1. The lowest BCUT2D eigenvalue weighted by Gasteiger charge is -2.35. The van der Waals surface area contributed by atoms with Crippen LogP contribution in [0.3, 0.4) is 0 Å². The van der Waals surface area contributed by atoms with Crippen molar-refractivity contribution in [1.29, 1.82) is 0 Å². The van der Waals surface area contributed by atoms with Crippen LogP contribution in [0.4, 0.5) is 11.5 Å². The average Bonchev–Trinajstić information content (AvgIpc) is 3.43. The van der Waals surface area contributed by atoms with Crippen molar-refractivity contribution >= 4 is 50.6 Å². The molecule has 1 amide bonds. The molecule has 1 aromatic carbocycles. The van der Waals surface area contributed by atoms with E-state index in [9.17, 15) is 13.2 Å². The fourth-order valence-electron chi connectivity index (χ4n) is 4.75. The van der Waals surface area contributed by atoms with Gasteiger partial charge in [-0.15, -0.1) is 0 Å². The lowest BCUT2D eigenvalue weighted by molar-refractivity contribution is 0.0607. The summed E-state index contributed by atoms with van der Waals surface area (Å²) in [6, 6.07) is 6.13. The Bertz CT molecular complexity index is 1490. The van der Waals surface area contributed by atoms with Crippen molar-refractivity contribution in [2.75, 3.05) is 35.5 Å². The summed E-state index contributed by atoms with van der Waals surface area (Å²) in [7, 11) is -3.59. The van der Waals surface area contributed by atoms with Crippen molar-refractivity contribution in [3.63, 3.8) is 0 Å². The van der Waals surface area contributed by atoms with Gasteiger partial charge in [0.15, 0.2) is 11.6 Å². The highest BCUT2D eigenvalue weighted by molar-refractivity contribution is 7.92. The first-order chi connectivity index (χ1) is 17.1. The average molecular weight is 531 g/mol. The van der Waals surface area contributed by atoms with Crippen molar-refractivity contribution in [3.05, 3.63) is 52.3 Å².